The van der Waals surface area contributed by atoms with Crippen LogP contribution in [0, 0.1) is 11.8 Å². The van der Waals surface area contributed by atoms with Gasteiger partial charge in [0.25, 0.3) is 5.91 Å². The summed E-state index contributed by atoms with van der Waals surface area (Å²) in [5.74, 6) is 1.67. The molecule has 0 spiro atoms. The van der Waals surface area contributed by atoms with E-state index in [9.17, 15) is 14.4 Å². The molecule has 0 radical (unpaired) electrons. The van der Waals surface area contributed by atoms with Crippen molar-refractivity contribution in [2.24, 2.45) is 11.8 Å². The van der Waals surface area contributed by atoms with Crippen molar-refractivity contribution >= 4 is 17.7 Å². The van der Waals surface area contributed by atoms with Gasteiger partial charge in [0.1, 0.15) is 17.9 Å². The summed E-state index contributed by atoms with van der Waals surface area (Å²) in [6, 6.07) is 5.61. The van der Waals surface area contributed by atoms with Crippen LogP contribution < -0.4 is 15.4 Å². The molecule has 188 valence electrons. The number of imide groups is 1. The number of fused-ring (bicyclic) bond motifs is 1. The Hall–Kier alpha value is -2.45. The highest BCUT2D eigenvalue weighted by Crippen LogP contribution is 2.36. The monoisotopic (exact) mass is 480 g/mol. The van der Waals surface area contributed by atoms with E-state index in [4.69, 9.17) is 4.74 Å². The molecular formula is C27H36N4O4. The number of likely N-dealkylation sites (tertiary alicyclic amines) is 1. The second-order valence-corrected chi connectivity index (χ2v) is 11.0. The highest BCUT2D eigenvalue weighted by Gasteiger charge is 2.42. The Balaban J connectivity index is 1.10. The van der Waals surface area contributed by atoms with Crippen molar-refractivity contribution in [1.29, 1.82) is 0 Å². The quantitative estimate of drug-likeness (QED) is 0.627. The topological polar surface area (TPSA) is 91.0 Å². The molecular weight excluding hydrogens is 444 g/mol. The number of rotatable bonds is 5. The maximum absolute atomic E-state index is 13.0. The summed E-state index contributed by atoms with van der Waals surface area (Å²) in [6.07, 6.45) is 8.19. The van der Waals surface area contributed by atoms with Crippen molar-refractivity contribution in [3.8, 4) is 5.75 Å². The van der Waals surface area contributed by atoms with E-state index < -0.39 is 6.04 Å². The molecule has 8 nitrogen and oxygen atoms in total. The lowest BCUT2D eigenvalue weighted by atomic mass is 9.78. The van der Waals surface area contributed by atoms with Crippen LogP contribution in [0.25, 0.3) is 0 Å². The summed E-state index contributed by atoms with van der Waals surface area (Å²) in [4.78, 5) is 41.0. The van der Waals surface area contributed by atoms with Crippen molar-refractivity contribution < 1.29 is 19.1 Å². The molecule has 1 aromatic rings. The Kier molecular flexibility index (Phi) is 6.26. The molecule has 8 heteroatoms. The molecule has 35 heavy (non-hydrogen) atoms. The summed E-state index contributed by atoms with van der Waals surface area (Å²) in [7, 11) is 0. The zero-order chi connectivity index (χ0) is 23.9. The molecule has 4 aliphatic heterocycles. The van der Waals surface area contributed by atoms with Crippen LogP contribution in [-0.4, -0.2) is 71.9 Å². The third-order valence-corrected chi connectivity index (χ3v) is 8.86. The zero-order valence-electron chi connectivity index (χ0n) is 20.3. The third kappa shape index (κ3) is 4.47. The van der Waals surface area contributed by atoms with Crippen LogP contribution in [0.1, 0.15) is 67.3 Å². The molecule has 3 saturated heterocycles. The van der Waals surface area contributed by atoms with E-state index in [2.05, 4.69) is 15.5 Å². The average molecular weight is 481 g/mol. The SMILES string of the molecule is O=C1CCC(N2Cc3cc(O[C@@H]4CCCC[C@@H]4N4CC(C5CCCNC5)C4)ccc3C2=O)C(=O)N1. The van der Waals surface area contributed by atoms with Gasteiger partial charge in [-0.05, 0) is 87.2 Å². The number of carbonyl (C=O) groups excluding carboxylic acids is 3. The largest absolute Gasteiger partial charge is 0.489 e. The molecule has 1 aromatic carbocycles. The highest BCUT2D eigenvalue weighted by molar-refractivity contribution is 6.05. The molecule has 5 aliphatic rings. The van der Waals surface area contributed by atoms with Gasteiger partial charge in [0.05, 0.1) is 0 Å². The Bertz CT molecular complexity index is 1000. The minimum Gasteiger partial charge on any atom is -0.489 e. The predicted molar refractivity (Wildman–Crippen MR) is 130 cm³/mol. The van der Waals surface area contributed by atoms with Gasteiger partial charge in [0.2, 0.25) is 11.8 Å². The van der Waals surface area contributed by atoms with Crippen LogP contribution in [0.2, 0.25) is 0 Å². The summed E-state index contributed by atoms with van der Waals surface area (Å²) < 4.78 is 6.57. The first kappa shape index (κ1) is 23.0. The first-order chi connectivity index (χ1) is 17.1. The molecule has 1 saturated carbocycles. The number of hydrogen-bond donors (Lipinski definition) is 2. The van der Waals surface area contributed by atoms with Gasteiger partial charge in [-0.1, -0.05) is 6.42 Å². The summed E-state index contributed by atoms with van der Waals surface area (Å²) in [5.41, 5.74) is 1.53. The molecule has 6 rings (SSSR count). The van der Waals surface area contributed by atoms with Crippen molar-refractivity contribution in [3.63, 3.8) is 0 Å². The number of benzene rings is 1. The number of piperidine rings is 2. The third-order valence-electron chi connectivity index (χ3n) is 8.86. The average Bonchev–Trinajstić information content (AvgIpc) is 3.15. The molecule has 2 N–H and O–H groups in total. The maximum Gasteiger partial charge on any atom is 0.255 e. The van der Waals surface area contributed by atoms with Gasteiger partial charge in [-0.25, -0.2) is 0 Å². The fourth-order valence-corrected chi connectivity index (χ4v) is 6.83. The van der Waals surface area contributed by atoms with Crippen LogP contribution in [0.3, 0.4) is 0 Å². The number of ether oxygens (including phenoxy) is 1. The first-order valence-electron chi connectivity index (χ1n) is 13.5. The van der Waals surface area contributed by atoms with Gasteiger partial charge in [0, 0.05) is 37.7 Å². The molecule has 4 fully saturated rings. The smallest absolute Gasteiger partial charge is 0.255 e. The van der Waals surface area contributed by atoms with Crippen LogP contribution in [0.4, 0.5) is 0 Å². The second kappa shape index (κ2) is 9.54. The normalized spacial score (nSPS) is 32.2. The Morgan fingerprint density at radius 2 is 1.80 bits per heavy atom. The van der Waals surface area contributed by atoms with E-state index in [0.717, 1.165) is 29.6 Å². The summed E-state index contributed by atoms with van der Waals surface area (Å²) in [5, 5.41) is 5.93. The van der Waals surface area contributed by atoms with E-state index in [-0.39, 0.29) is 30.2 Å². The molecule has 1 aliphatic carbocycles. The summed E-state index contributed by atoms with van der Waals surface area (Å²) >= 11 is 0. The number of nitrogens with zero attached hydrogens (tertiary/aromatic N) is 2. The molecule has 0 aromatic heterocycles. The molecule has 4 atom stereocenters. The van der Waals surface area contributed by atoms with Gasteiger partial charge in [-0.2, -0.15) is 0 Å². The minimum atomic E-state index is -0.585. The van der Waals surface area contributed by atoms with Crippen molar-refractivity contribution in [3.05, 3.63) is 29.3 Å². The number of nitrogens with one attached hydrogen (secondary N) is 2. The molecule has 3 amide bonds. The van der Waals surface area contributed by atoms with Gasteiger partial charge < -0.3 is 15.0 Å². The van der Waals surface area contributed by atoms with Gasteiger partial charge in [-0.15, -0.1) is 0 Å². The molecule has 4 heterocycles. The lowest BCUT2D eigenvalue weighted by Crippen LogP contribution is -2.60. The first-order valence-corrected chi connectivity index (χ1v) is 13.5. The lowest BCUT2D eigenvalue weighted by molar-refractivity contribution is -0.136. The number of hydrogen-bond acceptors (Lipinski definition) is 6. The van der Waals surface area contributed by atoms with E-state index >= 15 is 0 Å². The van der Waals surface area contributed by atoms with E-state index in [1.807, 2.05) is 18.2 Å². The van der Waals surface area contributed by atoms with Gasteiger partial charge in [-0.3, -0.25) is 24.6 Å². The lowest BCUT2D eigenvalue weighted by Gasteiger charge is -2.51. The van der Waals surface area contributed by atoms with E-state index in [1.54, 1.807) is 4.90 Å². The number of amides is 3. The predicted octanol–water partition coefficient (Wildman–Crippen LogP) is 2.07. The Labute approximate surface area is 206 Å². The van der Waals surface area contributed by atoms with Crippen LogP contribution in [0.5, 0.6) is 5.75 Å². The van der Waals surface area contributed by atoms with Gasteiger partial charge in [0.15, 0.2) is 0 Å². The van der Waals surface area contributed by atoms with E-state index in [1.165, 1.54) is 58.3 Å². The molecule has 0 bridgehead atoms. The van der Waals surface area contributed by atoms with Crippen LogP contribution >= 0.6 is 0 Å². The highest BCUT2D eigenvalue weighted by atomic mass is 16.5. The fraction of sp³-hybridized carbons (Fsp3) is 0.667. The van der Waals surface area contributed by atoms with Crippen LogP contribution in [0.15, 0.2) is 18.2 Å². The number of carbonyl (C=O) groups is 3. The summed E-state index contributed by atoms with van der Waals surface area (Å²) in [6.45, 7) is 5.11. The van der Waals surface area contributed by atoms with E-state index in [0.29, 0.717) is 24.6 Å². The fourth-order valence-electron chi connectivity index (χ4n) is 6.83. The maximum atomic E-state index is 13.0. The van der Waals surface area contributed by atoms with Crippen LogP contribution in [-0.2, 0) is 16.1 Å². The minimum absolute atomic E-state index is 0.139. The van der Waals surface area contributed by atoms with Gasteiger partial charge >= 0.3 is 0 Å². The molecule has 2 unspecified atom stereocenters. The zero-order valence-corrected chi connectivity index (χ0v) is 20.3. The second-order valence-electron chi connectivity index (χ2n) is 11.0. The Morgan fingerprint density at radius 3 is 2.60 bits per heavy atom. The van der Waals surface area contributed by atoms with Crippen molar-refractivity contribution in [1.82, 2.24) is 20.4 Å². The van der Waals surface area contributed by atoms with Crippen molar-refractivity contribution in [2.75, 3.05) is 26.2 Å². The Morgan fingerprint density at radius 1 is 0.943 bits per heavy atom. The standard InChI is InChI=1S/C27H36N4O4/c32-25-10-9-23(26(33)29-25)31-16-18-12-20(7-8-21(18)27(31)34)35-24-6-2-1-5-22(24)30-14-19(15-30)17-4-3-11-28-13-17/h7-8,12,17,19,22-24,28H,1-6,9-11,13-16H2,(H,29,32,33)/t17?,22-,23?,24+/m0/s1. The van der Waals surface area contributed by atoms with Crippen molar-refractivity contribution in [2.45, 2.75) is 76.1 Å².